The van der Waals surface area contributed by atoms with Crippen LogP contribution in [0.1, 0.15) is 6.92 Å². The molecule has 5 heteroatoms. The van der Waals surface area contributed by atoms with Crippen LogP contribution in [0.3, 0.4) is 0 Å². The Morgan fingerprint density at radius 2 is 1.80 bits per heavy atom. The third-order valence-corrected chi connectivity index (χ3v) is 2.57. The highest BCUT2D eigenvalue weighted by atomic mass is 35.5. The molecule has 0 bridgehead atoms. The second-order valence-electron chi connectivity index (χ2n) is 1.86. The molecule has 0 aliphatic heterocycles. The topological polar surface area (TPSA) is 37.3 Å². The summed E-state index contributed by atoms with van der Waals surface area (Å²) in [6.45, 7) is 1.59. The van der Waals surface area contributed by atoms with Gasteiger partial charge in [-0.3, -0.25) is 4.79 Å². The molecule has 0 aliphatic carbocycles. The van der Waals surface area contributed by atoms with Crippen LogP contribution in [-0.2, 0) is 4.79 Å². The third-order valence-electron chi connectivity index (χ3n) is 0.954. The Balaban J connectivity index is 3.94. The summed E-state index contributed by atoms with van der Waals surface area (Å²) in [6, 6.07) is 0. The summed E-state index contributed by atoms with van der Waals surface area (Å²) >= 11 is 16.3. The molecule has 10 heavy (non-hydrogen) atoms. The molecule has 0 aromatic rings. The molecule has 0 saturated heterocycles. The van der Waals surface area contributed by atoms with Gasteiger partial charge in [-0.25, -0.2) is 0 Å². The van der Waals surface area contributed by atoms with E-state index >= 15 is 0 Å². The van der Waals surface area contributed by atoms with Gasteiger partial charge in [0.05, 0.1) is 5.38 Å². The lowest BCUT2D eigenvalue weighted by Crippen LogP contribution is -2.30. The van der Waals surface area contributed by atoms with Gasteiger partial charge in [0, 0.05) is 5.38 Å². The second-order valence-corrected chi connectivity index (χ2v) is 3.52. The van der Waals surface area contributed by atoms with Crippen molar-refractivity contribution in [1.82, 2.24) is 0 Å². The Morgan fingerprint density at radius 3 is 1.90 bits per heavy atom. The predicted octanol–water partition coefficient (Wildman–Crippen LogP) is 1.91. The zero-order valence-electron chi connectivity index (χ0n) is 5.22. The van der Waals surface area contributed by atoms with Gasteiger partial charge in [-0.2, -0.15) is 0 Å². The van der Waals surface area contributed by atoms with Crippen molar-refractivity contribution in [2.75, 3.05) is 0 Å². The highest BCUT2D eigenvalue weighted by Gasteiger charge is 2.27. The quantitative estimate of drug-likeness (QED) is 0.715. The largest absolute Gasteiger partial charge is 0.480 e. The zero-order valence-corrected chi connectivity index (χ0v) is 7.49. The molecule has 0 heterocycles. The summed E-state index contributed by atoms with van der Waals surface area (Å²) in [5.74, 6) is -1.14. The molecule has 0 rings (SSSR count). The minimum atomic E-state index is -1.14. The Kier molecular flexibility index (Phi) is 4.41. The maximum absolute atomic E-state index is 10.2. The third kappa shape index (κ3) is 2.95. The smallest absolute Gasteiger partial charge is 0.323 e. The zero-order chi connectivity index (χ0) is 8.31. The van der Waals surface area contributed by atoms with E-state index in [9.17, 15) is 4.79 Å². The van der Waals surface area contributed by atoms with Gasteiger partial charge in [0.25, 0.3) is 0 Å². The number of aliphatic carboxylic acids is 1. The van der Waals surface area contributed by atoms with Crippen LogP contribution >= 0.6 is 34.8 Å². The fourth-order valence-corrected chi connectivity index (χ4v) is 0.915. The summed E-state index contributed by atoms with van der Waals surface area (Å²) < 4.78 is 0. The highest BCUT2D eigenvalue weighted by Crippen LogP contribution is 2.17. The van der Waals surface area contributed by atoms with E-state index in [0.717, 1.165) is 0 Å². The van der Waals surface area contributed by atoms with Crippen molar-refractivity contribution in [2.45, 2.75) is 23.1 Å². The molecule has 0 fully saturated rings. The van der Waals surface area contributed by atoms with Crippen LogP contribution in [0, 0.1) is 0 Å². The molecule has 60 valence electrons. The van der Waals surface area contributed by atoms with Crippen LogP contribution in [0.15, 0.2) is 0 Å². The molecule has 0 amide bonds. The van der Waals surface area contributed by atoms with Gasteiger partial charge in [-0.1, -0.05) is 0 Å². The minimum Gasteiger partial charge on any atom is -0.480 e. The first-order valence-corrected chi connectivity index (χ1v) is 3.92. The molecule has 2 nitrogen and oxygen atoms in total. The SMILES string of the molecule is CC(Cl)C(Cl)C(Cl)C(=O)O. The van der Waals surface area contributed by atoms with Gasteiger partial charge in [-0.05, 0) is 6.92 Å². The van der Waals surface area contributed by atoms with Crippen molar-refractivity contribution >= 4 is 40.8 Å². The van der Waals surface area contributed by atoms with Crippen molar-refractivity contribution in [1.29, 1.82) is 0 Å². The number of carboxylic acid groups (broad SMARTS) is 1. The van der Waals surface area contributed by atoms with Crippen molar-refractivity contribution < 1.29 is 9.90 Å². The van der Waals surface area contributed by atoms with Gasteiger partial charge >= 0.3 is 5.97 Å². The highest BCUT2D eigenvalue weighted by molar-refractivity contribution is 6.39. The van der Waals surface area contributed by atoms with E-state index in [2.05, 4.69) is 0 Å². The van der Waals surface area contributed by atoms with Crippen LogP contribution in [0.25, 0.3) is 0 Å². The van der Waals surface area contributed by atoms with Crippen molar-refractivity contribution in [3.05, 3.63) is 0 Å². The van der Waals surface area contributed by atoms with E-state index in [0.29, 0.717) is 0 Å². The van der Waals surface area contributed by atoms with E-state index in [1.165, 1.54) is 0 Å². The van der Waals surface area contributed by atoms with Gasteiger partial charge in [0.1, 0.15) is 5.38 Å². The van der Waals surface area contributed by atoms with Gasteiger partial charge < -0.3 is 5.11 Å². The Morgan fingerprint density at radius 1 is 1.40 bits per heavy atom. The van der Waals surface area contributed by atoms with Crippen LogP contribution in [0.2, 0.25) is 0 Å². The molecule has 0 aromatic heterocycles. The van der Waals surface area contributed by atoms with E-state index < -0.39 is 22.1 Å². The number of alkyl halides is 3. The fraction of sp³-hybridized carbons (Fsp3) is 0.800. The van der Waals surface area contributed by atoms with Gasteiger partial charge in [0.15, 0.2) is 0 Å². The predicted molar refractivity (Wildman–Crippen MR) is 42.2 cm³/mol. The fourth-order valence-electron chi connectivity index (χ4n) is 0.369. The number of halogens is 3. The molecule has 3 unspecified atom stereocenters. The van der Waals surface area contributed by atoms with Crippen LogP contribution in [0.5, 0.6) is 0 Å². The number of hydrogen-bond donors (Lipinski definition) is 1. The van der Waals surface area contributed by atoms with Gasteiger partial charge in [-0.15, -0.1) is 34.8 Å². The summed E-state index contributed by atoms with van der Waals surface area (Å²) in [5.41, 5.74) is 0. The minimum absolute atomic E-state index is 0.444. The summed E-state index contributed by atoms with van der Waals surface area (Å²) in [6.07, 6.45) is 0. The molecule has 0 radical (unpaired) electrons. The summed E-state index contributed by atoms with van der Waals surface area (Å²) in [4.78, 5) is 10.2. The summed E-state index contributed by atoms with van der Waals surface area (Å²) in [7, 11) is 0. The number of rotatable bonds is 3. The molecular weight excluding hydrogens is 198 g/mol. The van der Waals surface area contributed by atoms with Crippen molar-refractivity contribution in [3.63, 3.8) is 0 Å². The Labute approximate surface area is 74.1 Å². The average Bonchev–Trinajstić information content (AvgIpc) is 1.84. The van der Waals surface area contributed by atoms with E-state index in [1.807, 2.05) is 0 Å². The molecule has 1 N–H and O–H groups in total. The monoisotopic (exact) mass is 204 g/mol. The van der Waals surface area contributed by atoms with E-state index in [-0.39, 0.29) is 0 Å². The first-order valence-electron chi connectivity index (χ1n) is 2.62. The summed E-state index contributed by atoms with van der Waals surface area (Å²) in [5, 5.41) is 6.03. The number of carbonyl (C=O) groups is 1. The molecule has 0 spiro atoms. The lowest BCUT2D eigenvalue weighted by molar-refractivity contribution is -0.136. The standard InChI is InChI=1S/C5H7Cl3O2/c1-2(6)3(7)4(8)5(9)10/h2-4H,1H3,(H,9,10). The van der Waals surface area contributed by atoms with Crippen LogP contribution < -0.4 is 0 Å². The lowest BCUT2D eigenvalue weighted by Gasteiger charge is -2.13. The molecular formula is C5H7Cl3O2. The average molecular weight is 205 g/mol. The number of hydrogen-bond acceptors (Lipinski definition) is 1. The first-order chi connectivity index (χ1) is 4.46. The molecule has 0 aromatic carbocycles. The molecule has 0 aliphatic rings. The maximum atomic E-state index is 10.2. The molecule has 3 atom stereocenters. The maximum Gasteiger partial charge on any atom is 0.323 e. The van der Waals surface area contributed by atoms with Gasteiger partial charge in [0.2, 0.25) is 0 Å². The van der Waals surface area contributed by atoms with E-state index in [1.54, 1.807) is 6.92 Å². The van der Waals surface area contributed by atoms with Crippen molar-refractivity contribution in [2.24, 2.45) is 0 Å². The Bertz CT molecular complexity index is 126. The van der Waals surface area contributed by atoms with Crippen LogP contribution in [0.4, 0.5) is 0 Å². The Hall–Kier alpha value is 0.340. The van der Waals surface area contributed by atoms with Crippen molar-refractivity contribution in [3.8, 4) is 0 Å². The lowest BCUT2D eigenvalue weighted by atomic mass is 10.2. The number of carboxylic acids is 1. The normalized spacial score (nSPS) is 19.6. The molecule has 0 saturated carbocycles. The first kappa shape index (κ1) is 10.3. The van der Waals surface area contributed by atoms with E-state index in [4.69, 9.17) is 39.9 Å². The second kappa shape index (κ2) is 4.27. The van der Waals surface area contributed by atoms with Crippen LogP contribution in [-0.4, -0.2) is 27.2 Å².